The van der Waals surface area contributed by atoms with Crippen LogP contribution in [0.15, 0.2) is 53.6 Å². The standard InChI is InChI=1S/C28H26O6/c1-6-16-11-12-18-20(13-16)26(34-28(32)15(4)5)22-21(24(18)30)25(33-27(31)14(2)3)19-10-8-7-9-17(19)23(22)29/h7-15H,6H2,1-5H3. The molecule has 0 N–H and O–H groups in total. The van der Waals surface area contributed by atoms with E-state index >= 15 is 0 Å². The number of benzene rings is 2. The van der Waals surface area contributed by atoms with Gasteiger partial charge in [0.25, 0.3) is 0 Å². The lowest BCUT2D eigenvalue weighted by atomic mass is 9.76. The zero-order valence-corrected chi connectivity index (χ0v) is 19.9. The third-order valence-corrected chi connectivity index (χ3v) is 5.90. The van der Waals surface area contributed by atoms with Gasteiger partial charge in [0, 0.05) is 22.3 Å². The molecule has 0 heterocycles. The van der Waals surface area contributed by atoms with Crippen molar-refractivity contribution >= 4 is 35.0 Å². The second-order valence-corrected chi connectivity index (χ2v) is 9.00. The highest BCUT2D eigenvalue weighted by Gasteiger charge is 2.43. The van der Waals surface area contributed by atoms with Gasteiger partial charge < -0.3 is 9.47 Å². The van der Waals surface area contributed by atoms with E-state index in [1.807, 2.05) is 13.0 Å². The highest BCUT2D eigenvalue weighted by Crippen LogP contribution is 2.45. The van der Waals surface area contributed by atoms with Crippen LogP contribution in [0.4, 0.5) is 0 Å². The van der Waals surface area contributed by atoms with E-state index in [0.29, 0.717) is 17.5 Å². The third kappa shape index (κ3) is 3.79. The number of fused-ring (bicyclic) bond motifs is 3. The minimum absolute atomic E-state index is 0.0113. The van der Waals surface area contributed by atoms with Gasteiger partial charge in [-0.3, -0.25) is 19.2 Å². The zero-order valence-electron chi connectivity index (χ0n) is 19.9. The van der Waals surface area contributed by atoms with Crippen molar-refractivity contribution in [2.24, 2.45) is 11.8 Å². The first-order valence-corrected chi connectivity index (χ1v) is 11.4. The number of hydrogen-bond donors (Lipinski definition) is 0. The fraction of sp³-hybridized carbons (Fsp3) is 0.286. The molecule has 0 aliphatic heterocycles. The minimum Gasteiger partial charge on any atom is -0.425 e. The monoisotopic (exact) mass is 458 g/mol. The number of carbonyl (C=O) groups excluding carboxylic acids is 4. The maximum atomic E-state index is 13.8. The van der Waals surface area contributed by atoms with Gasteiger partial charge in [-0.2, -0.15) is 0 Å². The van der Waals surface area contributed by atoms with Gasteiger partial charge in [-0.1, -0.05) is 71.0 Å². The number of hydrogen-bond acceptors (Lipinski definition) is 6. The number of Topliss-reactive ketones (excluding diaryl/α,β-unsaturated/α-hetero) is 2. The molecule has 4 rings (SSSR count). The molecule has 0 spiro atoms. The summed E-state index contributed by atoms with van der Waals surface area (Å²) in [5.74, 6) is -2.85. The van der Waals surface area contributed by atoms with Crippen LogP contribution in [0.5, 0.6) is 0 Å². The molecule has 174 valence electrons. The smallest absolute Gasteiger partial charge is 0.313 e. The van der Waals surface area contributed by atoms with Gasteiger partial charge in [-0.15, -0.1) is 0 Å². The van der Waals surface area contributed by atoms with E-state index in [4.69, 9.17) is 9.47 Å². The van der Waals surface area contributed by atoms with Crippen LogP contribution >= 0.6 is 0 Å². The molecular weight excluding hydrogens is 432 g/mol. The zero-order chi connectivity index (χ0) is 24.7. The van der Waals surface area contributed by atoms with Gasteiger partial charge in [-0.25, -0.2) is 0 Å². The van der Waals surface area contributed by atoms with Gasteiger partial charge in [0.1, 0.15) is 0 Å². The van der Waals surface area contributed by atoms with Gasteiger partial charge >= 0.3 is 11.9 Å². The number of ketones is 2. The topological polar surface area (TPSA) is 86.7 Å². The molecule has 0 amide bonds. The van der Waals surface area contributed by atoms with Crippen molar-refractivity contribution in [1.82, 2.24) is 0 Å². The Morgan fingerprint density at radius 3 is 1.68 bits per heavy atom. The quantitative estimate of drug-likeness (QED) is 0.575. The predicted molar refractivity (Wildman–Crippen MR) is 127 cm³/mol. The van der Waals surface area contributed by atoms with Crippen molar-refractivity contribution < 1.29 is 28.7 Å². The molecule has 0 bridgehead atoms. The second kappa shape index (κ2) is 8.86. The minimum atomic E-state index is -0.536. The van der Waals surface area contributed by atoms with Crippen molar-refractivity contribution in [2.45, 2.75) is 41.0 Å². The summed E-state index contributed by atoms with van der Waals surface area (Å²) in [7, 11) is 0. The third-order valence-electron chi connectivity index (χ3n) is 5.90. The number of aryl methyl sites for hydroxylation is 1. The Kier molecular flexibility index (Phi) is 6.09. The summed E-state index contributed by atoms with van der Waals surface area (Å²) in [6.45, 7) is 8.72. The summed E-state index contributed by atoms with van der Waals surface area (Å²) in [5.41, 5.74) is 2.12. The maximum absolute atomic E-state index is 13.8. The van der Waals surface area contributed by atoms with E-state index < -0.39 is 35.3 Å². The lowest BCUT2D eigenvalue weighted by molar-refractivity contribution is -0.141. The summed E-state index contributed by atoms with van der Waals surface area (Å²) >= 11 is 0. The molecule has 0 aromatic heterocycles. The fourth-order valence-corrected chi connectivity index (χ4v) is 3.92. The van der Waals surface area contributed by atoms with E-state index in [1.54, 1.807) is 64.1 Å². The first-order chi connectivity index (χ1) is 16.1. The van der Waals surface area contributed by atoms with Crippen LogP contribution in [0.2, 0.25) is 0 Å². The molecule has 0 saturated heterocycles. The first-order valence-electron chi connectivity index (χ1n) is 11.4. The van der Waals surface area contributed by atoms with Crippen molar-refractivity contribution in [3.8, 4) is 0 Å². The highest BCUT2D eigenvalue weighted by molar-refractivity contribution is 6.34. The Bertz CT molecular complexity index is 1310. The molecule has 0 radical (unpaired) electrons. The molecule has 2 aliphatic carbocycles. The average Bonchev–Trinajstić information content (AvgIpc) is 2.82. The van der Waals surface area contributed by atoms with Gasteiger partial charge in [0.05, 0.1) is 23.0 Å². The molecular formula is C28H26O6. The molecule has 6 nitrogen and oxygen atoms in total. The molecule has 2 aliphatic rings. The lowest BCUT2D eigenvalue weighted by Gasteiger charge is -2.30. The normalized spacial score (nSPS) is 14.8. The summed E-state index contributed by atoms with van der Waals surface area (Å²) in [6, 6.07) is 11.9. The summed E-state index contributed by atoms with van der Waals surface area (Å²) in [4.78, 5) is 52.8. The van der Waals surface area contributed by atoms with Gasteiger partial charge in [-0.05, 0) is 18.1 Å². The SMILES string of the molecule is CCc1ccc2c(c1)C(OC(=O)C(C)C)=C1C(=O)c3ccccc3C(OC(=O)C(C)C)=C1C2=O. The Hall–Kier alpha value is -3.80. The van der Waals surface area contributed by atoms with E-state index in [1.165, 1.54) is 0 Å². The Morgan fingerprint density at radius 1 is 0.706 bits per heavy atom. The van der Waals surface area contributed by atoms with Crippen molar-refractivity contribution in [3.05, 3.63) is 81.4 Å². The Morgan fingerprint density at radius 2 is 1.18 bits per heavy atom. The molecule has 0 unspecified atom stereocenters. The molecule has 0 saturated carbocycles. The number of ether oxygens (including phenoxy) is 2. The number of rotatable bonds is 5. The first kappa shape index (κ1) is 23.4. The van der Waals surface area contributed by atoms with Gasteiger partial charge in [0.2, 0.25) is 0 Å². The fourth-order valence-electron chi connectivity index (χ4n) is 3.92. The van der Waals surface area contributed by atoms with Crippen LogP contribution in [-0.2, 0) is 25.5 Å². The number of carbonyl (C=O) groups is 4. The lowest BCUT2D eigenvalue weighted by Crippen LogP contribution is -2.29. The number of allylic oxidation sites excluding steroid dienone is 2. The van der Waals surface area contributed by atoms with Crippen molar-refractivity contribution in [3.63, 3.8) is 0 Å². The van der Waals surface area contributed by atoms with E-state index in [9.17, 15) is 19.2 Å². The molecule has 2 aromatic carbocycles. The molecule has 34 heavy (non-hydrogen) atoms. The van der Waals surface area contributed by atoms with Crippen LogP contribution in [0.25, 0.3) is 11.5 Å². The van der Waals surface area contributed by atoms with Crippen LogP contribution in [0.1, 0.15) is 72.0 Å². The van der Waals surface area contributed by atoms with Crippen molar-refractivity contribution in [1.29, 1.82) is 0 Å². The Balaban J connectivity index is 2.09. The molecule has 0 fully saturated rings. The maximum Gasteiger partial charge on any atom is 0.313 e. The summed E-state index contributed by atoms with van der Waals surface area (Å²) < 4.78 is 11.5. The van der Waals surface area contributed by atoms with Crippen LogP contribution < -0.4 is 0 Å². The van der Waals surface area contributed by atoms with Crippen LogP contribution in [0.3, 0.4) is 0 Å². The number of esters is 2. The summed E-state index contributed by atoms with van der Waals surface area (Å²) in [6.07, 6.45) is 0.693. The predicted octanol–water partition coefficient (Wildman–Crippen LogP) is 5.16. The van der Waals surface area contributed by atoms with E-state index in [-0.39, 0.29) is 33.8 Å². The van der Waals surface area contributed by atoms with Crippen molar-refractivity contribution in [2.75, 3.05) is 0 Å². The average molecular weight is 459 g/mol. The van der Waals surface area contributed by atoms with E-state index in [0.717, 1.165) is 5.56 Å². The van der Waals surface area contributed by atoms with Crippen LogP contribution in [0, 0.1) is 11.8 Å². The van der Waals surface area contributed by atoms with Gasteiger partial charge in [0.15, 0.2) is 23.1 Å². The summed E-state index contributed by atoms with van der Waals surface area (Å²) in [5, 5.41) is 0. The molecule has 2 aromatic rings. The largest absolute Gasteiger partial charge is 0.425 e. The van der Waals surface area contributed by atoms with Crippen LogP contribution in [-0.4, -0.2) is 23.5 Å². The van der Waals surface area contributed by atoms with E-state index in [2.05, 4.69) is 0 Å². The second-order valence-electron chi connectivity index (χ2n) is 9.00. The molecule has 6 heteroatoms. The highest BCUT2D eigenvalue weighted by atomic mass is 16.5. The Labute approximate surface area is 198 Å². The molecule has 0 atom stereocenters.